The number of alkyl halides is 3. The zero-order valence-electron chi connectivity index (χ0n) is 10.1. The van der Waals surface area contributed by atoms with E-state index in [9.17, 15) is 22.4 Å². The second-order valence-corrected chi connectivity index (χ2v) is 4.28. The van der Waals surface area contributed by atoms with Gasteiger partial charge in [-0.3, -0.25) is 4.79 Å². The van der Waals surface area contributed by atoms with Gasteiger partial charge < -0.3 is 5.32 Å². The van der Waals surface area contributed by atoms with Crippen molar-refractivity contribution in [3.05, 3.63) is 52.6 Å². The van der Waals surface area contributed by atoms with Crippen molar-refractivity contribution < 1.29 is 22.4 Å². The highest BCUT2D eigenvalue weighted by Crippen LogP contribution is 2.31. The van der Waals surface area contributed by atoms with Crippen LogP contribution in [0.4, 0.5) is 23.2 Å². The first-order valence-electron chi connectivity index (χ1n) is 5.44. The van der Waals surface area contributed by atoms with Crippen LogP contribution in [-0.4, -0.2) is 16.1 Å². The predicted octanol–water partition coefficient (Wildman–Crippen LogP) is 3.54. The number of rotatable bonds is 2. The molecule has 0 bridgehead atoms. The number of nitrogens with zero attached hydrogens (tertiary/aromatic N) is 2. The molecule has 0 fully saturated rings. The van der Waals surface area contributed by atoms with Crippen molar-refractivity contribution in [1.29, 1.82) is 0 Å². The van der Waals surface area contributed by atoms with Crippen LogP contribution in [-0.2, 0) is 6.18 Å². The maximum atomic E-state index is 13.5. The lowest BCUT2D eigenvalue weighted by Gasteiger charge is -2.10. The van der Waals surface area contributed by atoms with E-state index < -0.39 is 29.2 Å². The number of hydrogen-bond donors (Lipinski definition) is 1. The number of halogens is 5. The highest BCUT2D eigenvalue weighted by molar-refractivity contribution is 6.29. The first-order chi connectivity index (χ1) is 9.77. The predicted molar refractivity (Wildman–Crippen MR) is 66.4 cm³/mol. The molecule has 110 valence electrons. The maximum Gasteiger partial charge on any atom is 0.416 e. The summed E-state index contributed by atoms with van der Waals surface area (Å²) in [4.78, 5) is 11.7. The molecule has 0 saturated heterocycles. The van der Waals surface area contributed by atoms with E-state index in [-0.39, 0.29) is 10.8 Å². The Hall–Kier alpha value is -2.22. The van der Waals surface area contributed by atoms with Crippen molar-refractivity contribution in [2.75, 3.05) is 5.32 Å². The minimum atomic E-state index is -4.65. The fraction of sp³-hybridized carbons (Fsp3) is 0.0833. The second kappa shape index (κ2) is 5.65. The molecule has 4 nitrogen and oxygen atoms in total. The highest BCUT2D eigenvalue weighted by atomic mass is 35.5. The summed E-state index contributed by atoms with van der Waals surface area (Å²) in [7, 11) is 0. The minimum Gasteiger partial charge on any atom is -0.318 e. The summed E-state index contributed by atoms with van der Waals surface area (Å²) in [6.45, 7) is 0. The van der Waals surface area contributed by atoms with Gasteiger partial charge in [0.05, 0.1) is 11.3 Å². The molecule has 0 radical (unpaired) electrons. The average molecular weight is 320 g/mol. The molecule has 1 aromatic heterocycles. The molecule has 0 unspecified atom stereocenters. The van der Waals surface area contributed by atoms with Gasteiger partial charge in [0.1, 0.15) is 5.82 Å². The highest BCUT2D eigenvalue weighted by Gasteiger charge is 2.31. The van der Waals surface area contributed by atoms with Crippen LogP contribution in [0.15, 0.2) is 30.3 Å². The molecule has 0 saturated carbocycles. The fourth-order valence-electron chi connectivity index (χ4n) is 1.42. The fourth-order valence-corrected chi connectivity index (χ4v) is 1.52. The third-order valence-electron chi connectivity index (χ3n) is 2.41. The zero-order valence-corrected chi connectivity index (χ0v) is 10.8. The summed E-state index contributed by atoms with van der Waals surface area (Å²) >= 11 is 5.48. The molecule has 0 aliphatic rings. The van der Waals surface area contributed by atoms with Crippen LogP contribution in [0.5, 0.6) is 0 Å². The van der Waals surface area contributed by atoms with Gasteiger partial charge in [-0.1, -0.05) is 11.6 Å². The lowest BCUT2D eigenvalue weighted by Crippen LogP contribution is -2.16. The van der Waals surface area contributed by atoms with Crippen molar-refractivity contribution in [3.63, 3.8) is 0 Å². The lowest BCUT2D eigenvalue weighted by molar-refractivity contribution is -0.137. The SMILES string of the molecule is O=C(Nc1cc(C(F)(F)F)ccc1F)c1ccc(Cl)nn1. The van der Waals surface area contributed by atoms with Gasteiger partial charge in [-0.2, -0.15) is 13.2 Å². The number of carbonyl (C=O) groups excluding carboxylic acids is 1. The minimum absolute atomic E-state index is 0.0387. The smallest absolute Gasteiger partial charge is 0.318 e. The Balaban J connectivity index is 2.26. The molecule has 1 amide bonds. The Kier molecular flexibility index (Phi) is 4.08. The van der Waals surface area contributed by atoms with E-state index in [0.717, 1.165) is 0 Å². The van der Waals surface area contributed by atoms with E-state index in [2.05, 4.69) is 10.2 Å². The molecule has 9 heteroatoms. The summed E-state index contributed by atoms with van der Waals surface area (Å²) in [6.07, 6.45) is -4.65. The third-order valence-corrected chi connectivity index (χ3v) is 2.61. The first kappa shape index (κ1) is 15.2. The van der Waals surface area contributed by atoms with Crippen LogP contribution in [0.3, 0.4) is 0 Å². The number of benzene rings is 1. The number of nitrogens with one attached hydrogen (secondary N) is 1. The van der Waals surface area contributed by atoms with E-state index in [1.807, 2.05) is 5.32 Å². The third kappa shape index (κ3) is 3.66. The van der Waals surface area contributed by atoms with Gasteiger partial charge in [-0.15, -0.1) is 10.2 Å². The summed E-state index contributed by atoms with van der Waals surface area (Å²) in [6, 6.07) is 4.16. The summed E-state index contributed by atoms with van der Waals surface area (Å²) in [5.41, 5.74) is -1.90. The van der Waals surface area contributed by atoms with Gasteiger partial charge in [-0.05, 0) is 30.3 Å². The van der Waals surface area contributed by atoms with E-state index >= 15 is 0 Å². The summed E-state index contributed by atoms with van der Waals surface area (Å²) in [5.74, 6) is -1.91. The molecule has 1 N–H and O–H groups in total. The quantitative estimate of drug-likeness (QED) is 0.861. The van der Waals surface area contributed by atoms with Crippen LogP contribution in [0.2, 0.25) is 5.15 Å². The van der Waals surface area contributed by atoms with Crippen molar-refractivity contribution >= 4 is 23.2 Å². The number of amides is 1. The van der Waals surface area contributed by atoms with Gasteiger partial charge >= 0.3 is 6.18 Å². The molecule has 2 rings (SSSR count). The standard InChI is InChI=1S/C12H6ClF4N3O/c13-10-4-3-8(19-20-10)11(21)18-9-5-6(12(15,16)17)1-2-7(9)14/h1-5H,(H,18,21). The first-order valence-corrected chi connectivity index (χ1v) is 5.82. The molecular weight excluding hydrogens is 314 g/mol. The van der Waals surface area contributed by atoms with Crippen molar-refractivity contribution in [1.82, 2.24) is 10.2 Å². The van der Waals surface area contributed by atoms with Crippen LogP contribution in [0, 0.1) is 5.82 Å². The van der Waals surface area contributed by atoms with Gasteiger partial charge in [0.2, 0.25) is 0 Å². The Morgan fingerprint density at radius 3 is 2.43 bits per heavy atom. The molecular formula is C12H6ClF4N3O. The normalized spacial score (nSPS) is 11.3. The van der Waals surface area contributed by atoms with E-state index in [1.54, 1.807) is 0 Å². The Morgan fingerprint density at radius 1 is 1.14 bits per heavy atom. The number of anilines is 1. The van der Waals surface area contributed by atoms with Gasteiger partial charge in [0.25, 0.3) is 5.91 Å². The van der Waals surface area contributed by atoms with Crippen molar-refractivity contribution in [2.45, 2.75) is 6.18 Å². The number of hydrogen-bond acceptors (Lipinski definition) is 3. The largest absolute Gasteiger partial charge is 0.416 e. The van der Waals surface area contributed by atoms with E-state index in [0.29, 0.717) is 18.2 Å². The molecule has 0 spiro atoms. The molecule has 0 atom stereocenters. The summed E-state index contributed by atoms with van der Waals surface area (Å²) < 4.78 is 51.1. The average Bonchev–Trinajstić information content (AvgIpc) is 2.40. The van der Waals surface area contributed by atoms with Gasteiger partial charge in [0, 0.05) is 0 Å². The van der Waals surface area contributed by atoms with Gasteiger partial charge in [-0.25, -0.2) is 4.39 Å². The number of aromatic nitrogens is 2. The Bertz CT molecular complexity index is 673. The van der Waals surface area contributed by atoms with E-state index in [1.165, 1.54) is 12.1 Å². The van der Waals surface area contributed by atoms with Crippen molar-refractivity contribution in [3.8, 4) is 0 Å². The van der Waals surface area contributed by atoms with Crippen LogP contribution < -0.4 is 5.32 Å². The maximum absolute atomic E-state index is 13.5. The lowest BCUT2D eigenvalue weighted by atomic mass is 10.2. The second-order valence-electron chi connectivity index (χ2n) is 3.89. The summed E-state index contributed by atoms with van der Waals surface area (Å²) in [5, 5.41) is 8.88. The van der Waals surface area contributed by atoms with Crippen LogP contribution >= 0.6 is 11.6 Å². The monoisotopic (exact) mass is 319 g/mol. The topological polar surface area (TPSA) is 54.9 Å². The zero-order chi connectivity index (χ0) is 15.6. The molecule has 1 aromatic carbocycles. The molecule has 21 heavy (non-hydrogen) atoms. The van der Waals surface area contributed by atoms with Crippen LogP contribution in [0.25, 0.3) is 0 Å². The van der Waals surface area contributed by atoms with Crippen LogP contribution in [0.1, 0.15) is 16.1 Å². The van der Waals surface area contributed by atoms with Crippen molar-refractivity contribution in [2.24, 2.45) is 0 Å². The molecule has 0 aliphatic heterocycles. The number of carbonyl (C=O) groups is 1. The molecule has 1 heterocycles. The molecule has 0 aliphatic carbocycles. The Labute approximate surface area is 120 Å². The van der Waals surface area contributed by atoms with E-state index in [4.69, 9.17) is 11.6 Å². The van der Waals surface area contributed by atoms with Gasteiger partial charge in [0.15, 0.2) is 10.8 Å². The molecule has 2 aromatic rings. The Morgan fingerprint density at radius 2 is 1.86 bits per heavy atom.